The Kier molecular flexibility index (Phi) is 10.7. The van der Waals surface area contributed by atoms with Crippen molar-refractivity contribution in [2.75, 3.05) is 43.9 Å². The van der Waals surface area contributed by atoms with Crippen molar-refractivity contribution >= 4 is 39.5 Å². The van der Waals surface area contributed by atoms with E-state index >= 15 is 0 Å². The van der Waals surface area contributed by atoms with Gasteiger partial charge in [-0.25, -0.2) is 9.97 Å². The van der Waals surface area contributed by atoms with E-state index in [0.29, 0.717) is 33.0 Å². The summed E-state index contributed by atoms with van der Waals surface area (Å²) in [6.07, 6.45) is 11.1. The molecule has 3 heterocycles. The SMILES string of the molecule is CCC/C(C(=N)c1nc(CC[C@@H](C)CCCNC)c(Cl)c(N2CCNC3(CC3)C2)n1)=C(/C)[C@H]1CCCc2sc(N)c(C#N)c21. The highest BCUT2D eigenvalue weighted by molar-refractivity contribution is 7.16. The number of fused-ring (bicyclic) bond motifs is 1. The first-order chi connectivity index (χ1) is 21.2. The predicted octanol–water partition coefficient (Wildman–Crippen LogP) is 6.76. The number of thiophene rings is 1. The maximum Gasteiger partial charge on any atom is 0.180 e. The molecule has 2 atom stereocenters. The van der Waals surface area contributed by atoms with Crippen LogP contribution in [0.5, 0.6) is 0 Å². The molecule has 44 heavy (non-hydrogen) atoms. The molecular weight excluding hydrogens is 588 g/mol. The molecule has 2 aromatic heterocycles. The van der Waals surface area contributed by atoms with Crippen LogP contribution >= 0.6 is 22.9 Å². The van der Waals surface area contributed by atoms with Crippen LogP contribution < -0.4 is 21.3 Å². The molecule has 0 aromatic carbocycles. The average molecular weight is 637 g/mol. The summed E-state index contributed by atoms with van der Waals surface area (Å²) >= 11 is 8.70. The smallest absolute Gasteiger partial charge is 0.180 e. The number of nitrogens with zero attached hydrogens (tertiary/aromatic N) is 4. The van der Waals surface area contributed by atoms with Crippen LogP contribution in [-0.2, 0) is 12.8 Å². The number of aryl methyl sites for hydroxylation is 2. The Balaban J connectivity index is 1.52. The van der Waals surface area contributed by atoms with E-state index in [1.54, 1.807) is 11.3 Å². The van der Waals surface area contributed by atoms with Crippen LogP contribution in [0.3, 0.4) is 0 Å². The van der Waals surface area contributed by atoms with Crippen molar-refractivity contribution in [1.29, 1.82) is 10.7 Å². The van der Waals surface area contributed by atoms with E-state index < -0.39 is 0 Å². The van der Waals surface area contributed by atoms with Crippen LogP contribution in [0.1, 0.15) is 112 Å². The molecule has 2 aromatic rings. The summed E-state index contributed by atoms with van der Waals surface area (Å²) in [7, 11) is 2.00. The van der Waals surface area contributed by atoms with Gasteiger partial charge in [0.05, 0.1) is 11.3 Å². The number of aromatic nitrogens is 2. The number of nitriles is 1. The third-order valence-corrected chi connectivity index (χ3v) is 11.3. The molecular formula is C34H49ClN8S. The number of nitrogens with two attached hydrogens (primary N) is 1. The van der Waals surface area contributed by atoms with E-state index in [1.807, 2.05) is 7.05 Å². The minimum atomic E-state index is 0.0800. The van der Waals surface area contributed by atoms with E-state index in [0.717, 1.165) is 112 Å². The number of nitrogens with one attached hydrogen (secondary N) is 3. The molecule has 1 aliphatic heterocycles. The summed E-state index contributed by atoms with van der Waals surface area (Å²) in [5.41, 5.74) is 11.5. The van der Waals surface area contributed by atoms with Gasteiger partial charge in [0.25, 0.3) is 0 Å². The Bertz CT molecular complexity index is 1440. The Morgan fingerprint density at radius 1 is 1.34 bits per heavy atom. The molecule has 1 spiro atoms. The molecule has 0 unspecified atom stereocenters. The third-order valence-electron chi connectivity index (χ3n) is 9.86. The molecule has 0 amide bonds. The van der Waals surface area contributed by atoms with Crippen molar-refractivity contribution in [1.82, 2.24) is 20.6 Å². The Labute approximate surface area is 272 Å². The minimum Gasteiger partial charge on any atom is -0.389 e. The largest absolute Gasteiger partial charge is 0.389 e. The van der Waals surface area contributed by atoms with Crippen molar-refractivity contribution < 1.29 is 0 Å². The van der Waals surface area contributed by atoms with E-state index in [1.165, 1.54) is 17.7 Å². The molecule has 1 saturated carbocycles. The summed E-state index contributed by atoms with van der Waals surface area (Å²) in [5, 5.41) is 27.7. The number of nitrogen functional groups attached to an aromatic ring is 1. The van der Waals surface area contributed by atoms with Crippen molar-refractivity contribution in [2.45, 2.75) is 103 Å². The number of rotatable bonds is 13. The highest BCUT2D eigenvalue weighted by atomic mass is 35.5. The van der Waals surface area contributed by atoms with Gasteiger partial charge < -0.3 is 21.3 Å². The third kappa shape index (κ3) is 6.99. The lowest BCUT2D eigenvalue weighted by Crippen LogP contribution is -2.53. The van der Waals surface area contributed by atoms with Crippen molar-refractivity contribution in [2.24, 2.45) is 5.92 Å². The quantitative estimate of drug-likeness (QED) is 0.141. The van der Waals surface area contributed by atoms with Crippen molar-refractivity contribution in [3.8, 4) is 6.07 Å². The Morgan fingerprint density at radius 3 is 2.84 bits per heavy atom. The fourth-order valence-corrected chi connectivity index (χ4v) is 8.51. The molecule has 5 N–H and O–H groups in total. The molecule has 238 valence electrons. The van der Waals surface area contributed by atoms with Crippen LogP contribution in [0, 0.1) is 22.7 Å². The predicted molar refractivity (Wildman–Crippen MR) is 183 cm³/mol. The lowest BCUT2D eigenvalue weighted by molar-refractivity contribution is 0.439. The zero-order chi connectivity index (χ0) is 31.4. The summed E-state index contributed by atoms with van der Waals surface area (Å²) in [4.78, 5) is 13.6. The van der Waals surface area contributed by atoms with Gasteiger partial charge in [0, 0.05) is 36.0 Å². The number of piperazine rings is 1. The topological polar surface area (TPSA) is 127 Å². The molecule has 10 heteroatoms. The first-order valence-corrected chi connectivity index (χ1v) is 17.7. The van der Waals surface area contributed by atoms with Gasteiger partial charge in [-0.2, -0.15) is 5.26 Å². The highest BCUT2D eigenvalue weighted by Crippen LogP contribution is 2.46. The van der Waals surface area contributed by atoms with E-state index in [-0.39, 0.29) is 11.5 Å². The van der Waals surface area contributed by atoms with E-state index in [4.69, 9.17) is 27.3 Å². The fraction of sp³-hybridized carbons (Fsp3) is 0.647. The second kappa shape index (κ2) is 14.3. The molecule has 8 nitrogen and oxygen atoms in total. The molecule has 3 aliphatic rings. The lowest BCUT2D eigenvalue weighted by Gasteiger charge is -2.35. The van der Waals surface area contributed by atoms with Gasteiger partial charge in [0.2, 0.25) is 0 Å². The normalized spacial score (nSPS) is 20.2. The molecule has 2 fully saturated rings. The second-order valence-electron chi connectivity index (χ2n) is 13.2. The summed E-state index contributed by atoms with van der Waals surface area (Å²) in [6, 6.07) is 2.38. The van der Waals surface area contributed by atoms with Gasteiger partial charge in [-0.3, -0.25) is 5.41 Å². The van der Waals surface area contributed by atoms with Crippen molar-refractivity contribution in [3.63, 3.8) is 0 Å². The van der Waals surface area contributed by atoms with E-state index in [9.17, 15) is 10.7 Å². The second-order valence-corrected chi connectivity index (χ2v) is 14.7. The van der Waals surface area contributed by atoms with Crippen molar-refractivity contribution in [3.05, 3.63) is 43.7 Å². The molecule has 5 rings (SSSR count). The van der Waals surface area contributed by atoms with Crippen LogP contribution in [0.15, 0.2) is 11.1 Å². The molecule has 1 saturated heterocycles. The van der Waals surface area contributed by atoms with E-state index in [2.05, 4.69) is 42.4 Å². The fourth-order valence-electron chi connectivity index (χ4n) is 7.08. The van der Waals surface area contributed by atoms with Gasteiger partial charge in [-0.05, 0) is 102 Å². The Morgan fingerprint density at radius 2 is 2.14 bits per heavy atom. The molecule has 0 radical (unpaired) electrons. The van der Waals surface area contributed by atoms with Gasteiger partial charge in [-0.1, -0.05) is 37.4 Å². The number of anilines is 2. The Hall–Kier alpha value is -2.51. The minimum absolute atomic E-state index is 0.0800. The number of hydrogen-bond donors (Lipinski definition) is 4. The maximum absolute atomic E-state index is 9.97. The monoisotopic (exact) mass is 636 g/mol. The summed E-state index contributed by atoms with van der Waals surface area (Å²) in [6.45, 7) is 10.3. The molecule has 2 aliphatic carbocycles. The van der Waals surface area contributed by atoms with Gasteiger partial charge in [0.1, 0.15) is 21.8 Å². The van der Waals surface area contributed by atoms with Crippen LogP contribution in [-0.4, -0.2) is 54.4 Å². The first-order valence-electron chi connectivity index (χ1n) is 16.5. The number of halogens is 1. The van der Waals surface area contributed by atoms with Gasteiger partial charge >= 0.3 is 0 Å². The van der Waals surface area contributed by atoms with Crippen LogP contribution in [0.2, 0.25) is 5.02 Å². The zero-order valence-electron chi connectivity index (χ0n) is 26.9. The van der Waals surface area contributed by atoms with Crippen LogP contribution in [0.4, 0.5) is 10.8 Å². The highest BCUT2D eigenvalue weighted by Gasteiger charge is 2.46. The van der Waals surface area contributed by atoms with Gasteiger partial charge in [-0.15, -0.1) is 11.3 Å². The lowest BCUT2D eigenvalue weighted by atomic mass is 9.78. The molecule has 0 bridgehead atoms. The summed E-state index contributed by atoms with van der Waals surface area (Å²) < 4.78 is 0. The number of allylic oxidation sites excluding steroid dienone is 2. The maximum atomic E-state index is 9.97. The van der Waals surface area contributed by atoms with Gasteiger partial charge in [0.15, 0.2) is 11.6 Å². The van der Waals surface area contributed by atoms with Crippen LogP contribution in [0.25, 0.3) is 0 Å². The average Bonchev–Trinajstić information content (AvgIpc) is 3.67. The standard InChI is InChI=1S/C34H49ClN8S/c1-5-8-24(22(3)23-10-6-11-27-28(23)25(19-36)31(38)44-27)30(37)32-41-26(13-12-21(2)9-7-16-39-4)29(35)33(42-32)43-18-17-40-34(20-43)14-15-34/h21,23,37,39-40H,5-18,20,38H2,1-4H3/b24-22+,37-30?/t21-,23+/m0/s1. The first kappa shape index (κ1) is 32.9. The number of hydrogen-bond acceptors (Lipinski definition) is 9. The summed E-state index contributed by atoms with van der Waals surface area (Å²) in [5.74, 6) is 1.88. The zero-order valence-corrected chi connectivity index (χ0v) is 28.5.